The highest BCUT2D eigenvalue weighted by Gasteiger charge is 2.32. The molecule has 2 atom stereocenters. The summed E-state index contributed by atoms with van der Waals surface area (Å²) in [5.74, 6) is 1.46. The molecule has 0 spiro atoms. The molecule has 1 aliphatic rings. The van der Waals surface area contributed by atoms with Crippen molar-refractivity contribution in [2.45, 2.75) is 32.2 Å². The lowest BCUT2D eigenvalue weighted by Gasteiger charge is -2.11. The van der Waals surface area contributed by atoms with Gasteiger partial charge in [0.2, 0.25) is 0 Å². The van der Waals surface area contributed by atoms with E-state index < -0.39 is 0 Å². The Morgan fingerprint density at radius 3 is 2.89 bits per heavy atom. The van der Waals surface area contributed by atoms with Gasteiger partial charge in [0.25, 0.3) is 0 Å². The smallest absolute Gasteiger partial charge is 0.191 e. The lowest BCUT2D eigenvalue weighted by atomic mass is 10.1. The van der Waals surface area contributed by atoms with Gasteiger partial charge in [-0.2, -0.15) is 0 Å². The molecule has 19 heavy (non-hydrogen) atoms. The molecule has 104 valence electrons. The predicted octanol–water partition coefficient (Wildman–Crippen LogP) is 2.33. The Kier molecular flexibility index (Phi) is 4.77. The van der Waals surface area contributed by atoms with Crippen molar-refractivity contribution in [1.29, 1.82) is 0 Å². The zero-order valence-electron chi connectivity index (χ0n) is 11.6. The van der Waals surface area contributed by atoms with Gasteiger partial charge in [0.1, 0.15) is 5.82 Å². The maximum Gasteiger partial charge on any atom is 0.191 e. The fourth-order valence-corrected chi connectivity index (χ4v) is 2.09. The van der Waals surface area contributed by atoms with E-state index in [0.717, 1.165) is 36.8 Å². The van der Waals surface area contributed by atoms with Gasteiger partial charge in [0.05, 0.1) is 0 Å². The topological polar surface area (TPSA) is 36.4 Å². The highest BCUT2D eigenvalue weighted by molar-refractivity contribution is 5.80. The van der Waals surface area contributed by atoms with Crippen LogP contribution in [-0.2, 0) is 6.42 Å². The van der Waals surface area contributed by atoms with E-state index in [9.17, 15) is 4.39 Å². The maximum atomic E-state index is 13.0. The molecule has 0 aromatic heterocycles. The van der Waals surface area contributed by atoms with Crippen molar-refractivity contribution in [3.8, 4) is 0 Å². The molecule has 0 amide bonds. The summed E-state index contributed by atoms with van der Waals surface area (Å²) in [6.45, 7) is 3.08. The average Bonchev–Trinajstić information content (AvgIpc) is 3.09. The SMILES string of the molecule is CN=C(NCCCc1cccc(F)c1)NC1CC1C. The molecule has 1 aliphatic carbocycles. The van der Waals surface area contributed by atoms with Gasteiger partial charge in [-0.1, -0.05) is 19.1 Å². The summed E-state index contributed by atoms with van der Waals surface area (Å²) in [6, 6.07) is 7.37. The molecule has 0 heterocycles. The van der Waals surface area contributed by atoms with Crippen molar-refractivity contribution in [2.24, 2.45) is 10.9 Å². The Hall–Kier alpha value is -1.58. The number of halogens is 1. The molecule has 0 aliphatic heterocycles. The van der Waals surface area contributed by atoms with Crippen molar-refractivity contribution < 1.29 is 4.39 Å². The van der Waals surface area contributed by atoms with Crippen molar-refractivity contribution >= 4 is 5.96 Å². The summed E-state index contributed by atoms with van der Waals surface area (Å²) in [6.07, 6.45) is 3.07. The van der Waals surface area contributed by atoms with Crippen LogP contribution in [0.4, 0.5) is 4.39 Å². The Balaban J connectivity index is 1.65. The highest BCUT2D eigenvalue weighted by Crippen LogP contribution is 2.28. The van der Waals surface area contributed by atoms with Gasteiger partial charge in [-0.25, -0.2) is 4.39 Å². The first-order valence-corrected chi connectivity index (χ1v) is 6.90. The summed E-state index contributed by atoms with van der Waals surface area (Å²) in [5, 5.41) is 6.67. The van der Waals surface area contributed by atoms with Crippen molar-refractivity contribution in [1.82, 2.24) is 10.6 Å². The van der Waals surface area contributed by atoms with Crippen LogP contribution < -0.4 is 10.6 Å². The third kappa shape index (κ3) is 4.54. The maximum absolute atomic E-state index is 13.0. The molecular weight excluding hydrogens is 241 g/mol. The molecule has 0 bridgehead atoms. The number of guanidine groups is 1. The lowest BCUT2D eigenvalue weighted by Crippen LogP contribution is -2.39. The van der Waals surface area contributed by atoms with Crippen molar-refractivity contribution in [2.75, 3.05) is 13.6 Å². The van der Waals surface area contributed by atoms with Gasteiger partial charge in [-0.15, -0.1) is 0 Å². The molecule has 2 unspecified atom stereocenters. The molecular formula is C15H22FN3. The minimum absolute atomic E-state index is 0.161. The molecule has 1 fully saturated rings. The van der Waals surface area contributed by atoms with Gasteiger partial charge in [-0.3, -0.25) is 4.99 Å². The molecule has 0 saturated heterocycles. The van der Waals surface area contributed by atoms with Crippen LogP contribution in [-0.4, -0.2) is 25.6 Å². The number of benzene rings is 1. The average molecular weight is 263 g/mol. The second-order valence-electron chi connectivity index (χ2n) is 5.20. The number of hydrogen-bond donors (Lipinski definition) is 2. The zero-order valence-corrected chi connectivity index (χ0v) is 11.6. The van der Waals surface area contributed by atoms with Crippen LogP contribution in [0.1, 0.15) is 25.3 Å². The third-order valence-corrected chi connectivity index (χ3v) is 3.48. The predicted molar refractivity (Wildman–Crippen MR) is 76.8 cm³/mol. The normalized spacial score (nSPS) is 22.2. The van der Waals surface area contributed by atoms with E-state index in [1.165, 1.54) is 12.5 Å². The molecule has 3 nitrogen and oxygen atoms in total. The van der Waals surface area contributed by atoms with Crippen LogP contribution in [0.25, 0.3) is 0 Å². The first kappa shape index (κ1) is 13.8. The van der Waals surface area contributed by atoms with E-state index in [2.05, 4.69) is 22.5 Å². The minimum Gasteiger partial charge on any atom is -0.356 e. The second kappa shape index (κ2) is 6.55. The van der Waals surface area contributed by atoms with E-state index in [1.807, 2.05) is 6.07 Å². The summed E-state index contributed by atoms with van der Waals surface area (Å²) >= 11 is 0. The monoisotopic (exact) mass is 263 g/mol. The number of nitrogens with zero attached hydrogens (tertiary/aromatic N) is 1. The largest absolute Gasteiger partial charge is 0.356 e. The van der Waals surface area contributed by atoms with Crippen LogP contribution in [0.3, 0.4) is 0 Å². The quantitative estimate of drug-likeness (QED) is 0.486. The number of aryl methyl sites for hydroxylation is 1. The van der Waals surface area contributed by atoms with E-state index in [0.29, 0.717) is 6.04 Å². The third-order valence-electron chi connectivity index (χ3n) is 3.48. The Bertz CT molecular complexity index is 445. The number of rotatable bonds is 5. The van der Waals surface area contributed by atoms with E-state index in [4.69, 9.17) is 0 Å². The van der Waals surface area contributed by atoms with Crippen molar-refractivity contribution in [3.05, 3.63) is 35.6 Å². The summed E-state index contributed by atoms with van der Waals surface area (Å²) in [5.41, 5.74) is 1.04. The summed E-state index contributed by atoms with van der Waals surface area (Å²) < 4.78 is 13.0. The van der Waals surface area contributed by atoms with Crippen LogP contribution in [0.2, 0.25) is 0 Å². The Morgan fingerprint density at radius 2 is 2.26 bits per heavy atom. The molecule has 4 heteroatoms. The van der Waals surface area contributed by atoms with Crippen molar-refractivity contribution in [3.63, 3.8) is 0 Å². The zero-order chi connectivity index (χ0) is 13.7. The second-order valence-corrected chi connectivity index (χ2v) is 5.20. The van der Waals surface area contributed by atoms with Crippen LogP contribution in [0.15, 0.2) is 29.3 Å². The molecule has 1 saturated carbocycles. The number of aliphatic imine (C=N–C) groups is 1. The van der Waals surface area contributed by atoms with Crippen LogP contribution in [0, 0.1) is 11.7 Å². The number of nitrogens with one attached hydrogen (secondary N) is 2. The fraction of sp³-hybridized carbons (Fsp3) is 0.533. The summed E-state index contributed by atoms with van der Waals surface area (Å²) in [4.78, 5) is 4.20. The first-order valence-electron chi connectivity index (χ1n) is 6.90. The van der Waals surface area contributed by atoms with Crippen LogP contribution >= 0.6 is 0 Å². The van der Waals surface area contributed by atoms with Gasteiger partial charge >= 0.3 is 0 Å². The van der Waals surface area contributed by atoms with Gasteiger partial charge in [0.15, 0.2) is 5.96 Å². The molecule has 0 radical (unpaired) electrons. The van der Waals surface area contributed by atoms with Gasteiger partial charge in [0, 0.05) is 19.6 Å². The minimum atomic E-state index is -0.161. The molecule has 2 N–H and O–H groups in total. The van der Waals surface area contributed by atoms with Crippen LogP contribution in [0.5, 0.6) is 0 Å². The van der Waals surface area contributed by atoms with E-state index in [1.54, 1.807) is 19.2 Å². The first-order chi connectivity index (χ1) is 9.19. The molecule has 1 aromatic carbocycles. The van der Waals surface area contributed by atoms with Gasteiger partial charge < -0.3 is 10.6 Å². The Morgan fingerprint density at radius 1 is 1.47 bits per heavy atom. The standard InChI is InChI=1S/C15H22FN3/c1-11-9-14(11)19-15(17-2)18-8-4-6-12-5-3-7-13(16)10-12/h3,5,7,10-11,14H,4,6,8-9H2,1-2H3,(H2,17,18,19). The summed E-state index contributed by atoms with van der Waals surface area (Å²) in [7, 11) is 1.79. The molecule has 2 rings (SSSR count). The fourth-order valence-electron chi connectivity index (χ4n) is 2.09. The van der Waals surface area contributed by atoms with E-state index in [-0.39, 0.29) is 5.82 Å². The number of hydrogen-bond acceptors (Lipinski definition) is 1. The Labute approximate surface area is 114 Å². The van der Waals surface area contributed by atoms with Gasteiger partial charge in [-0.05, 0) is 42.9 Å². The van der Waals surface area contributed by atoms with E-state index >= 15 is 0 Å². The lowest BCUT2D eigenvalue weighted by molar-refractivity contribution is 0.624. The highest BCUT2D eigenvalue weighted by atomic mass is 19.1. The molecule has 1 aromatic rings.